The first kappa shape index (κ1) is 22.3. The number of anilines is 2. The molecule has 0 aromatic heterocycles. The molecule has 31 heavy (non-hydrogen) atoms. The van der Waals surface area contributed by atoms with E-state index in [0.717, 1.165) is 12.1 Å². The smallest absolute Gasteiger partial charge is 0.254 e. The Balaban J connectivity index is 1.49. The van der Waals surface area contributed by atoms with E-state index in [1.54, 1.807) is 53.4 Å². The van der Waals surface area contributed by atoms with Crippen molar-refractivity contribution in [3.8, 4) is 0 Å². The molecule has 0 bridgehead atoms. The Morgan fingerprint density at radius 1 is 0.968 bits per heavy atom. The van der Waals surface area contributed by atoms with Crippen molar-refractivity contribution in [2.24, 2.45) is 0 Å². The van der Waals surface area contributed by atoms with Crippen LogP contribution >= 0.6 is 0 Å². The lowest BCUT2D eigenvalue weighted by atomic mass is 10.1. The van der Waals surface area contributed by atoms with Crippen LogP contribution in [0.2, 0.25) is 0 Å². The summed E-state index contributed by atoms with van der Waals surface area (Å²) in [5.41, 5.74) is 2.40. The highest BCUT2D eigenvalue weighted by Gasteiger charge is 2.18. The number of amides is 3. The van der Waals surface area contributed by atoms with Crippen LogP contribution in [-0.2, 0) is 9.53 Å². The Morgan fingerprint density at radius 3 is 2.42 bits per heavy atom. The fourth-order valence-corrected chi connectivity index (χ4v) is 3.15. The van der Waals surface area contributed by atoms with E-state index in [-0.39, 0.29) is 24.3 Å². The molecule has 1 aliphatic rings. The second kappa shape index (κ2) is 11.1. The highest BCUT2D eigenvalue weighted by molar-refractivity contribution is 5.98. The van der Waals surface area contributed by atoms with E-state index >= 15 is 0 Å². The lowest BCUT2D eigenvalue weighted by molar-refractivity contribution is -0.114. The van der Waals surface area contributed by atoms with Crippen LogP contribution in [-0.4, -0.2) is 62.0 Å². The Labute approximate surface area is 182 Å². The number of hydrogen-bond acceptors (Lipinski definition) is 5. The highest BCUT2D eigenvalue weighted by Crippen LogP contribution is 2.14. The molecule has 2 aromatic carbocycles. The zero-order valence-electron chi connectivity index (χ0n) is 17.6. The van der Waals surface area contributed by atoms with Crippen LogP contribution < -0.4 is 16.0 Å². The van der Waals surface area contributed by atoms with Crippen LogP contribution in [0.25, 0.3) is 0 Å². The minimum atomic E-state index is -0.236. The molecule has 0 aliphatic carbocycles. The normalized spacial score (nSPS) is 13.4. The van der Waals surface area contributed by atoms with E-state index < -0.39 is 0 Å². The molecule has 1 saturated heterocycles. The maximum absolute atomic E-state index is 12.5. The summed E-state index contributed by atoms with van der Waals surface area (Å²) < 4.78 is 5.27. The van der Waals surface area contributed by atoms with Crippen molar-refractivity contribution in [3.63, 3.8) is 0 Å². The van der Waals surface area contributed by atoms with Crippen molar-refractivity contribution in [3.05, 3.63) is 59.7 Å². The highest BCUT2D eigenvalue weighted by atomic mass is 16.5. The van der Waals surface area contributed by atoms with Crippen molar-refractivity contribution in [1.29, 1.82) is 0 Å². The summed E-state index contributed by atoms with van der Waals surface area (Å²) in [4.78, 5) is 38.6. The molecular weight excluding hydrogens is 396 g/mol. The Morgan fingerprint density at radius 2 is 1.71 bits per heavy atom. The zero-order valence-corrected chi connectivity index (χ0v) is 17.6. The van der Waals surface area contributed by atoms with Gasteiger partial charge in [-0.1, -0.05) is 13.0 Å². The van der Waals surface area contributed by atoms with Gasteiger partial charge in [0.2, 0.25) is 5.91 Å². The SMILES string of the molecule is CCCNC(=O)c1cccc(NC(=O)CNc2ccc(C(=O)N3CCOCC3)cc2)c1. The Hall–Kier alpha value is -3.39. The average molecular weight is 425 g/mol. The molecule has 0 unspecified atom stereocenters. The number of rotatable bonds is 8. The largest absolute Gasteiger partial charge is 0.378 e. The number of nitrogens with one attached hydrogen (secondary N) is 3. The van der Waals surface area contributed by atoms with Gasteiger partial charge in [0.25, 0.3) is 11.8 Å². The minimum Gasteiger partial charge on any atom is -0.378 e. The lowest BCUT2D eigenvalue weighted by Gasteiger charge is -2.26. The summed E-state index contributed by atoms with van der Waals surface area (Å²) in [5.74, 6) is -0.419. The third-order valence-corrected chi connectivity index (χ3v) is 4.83. The van der Waals surface area contributed by atoms with Gasteiger partial charge >= 0.3 is 0 Å². The van der Waals surface area contributed by atoms with Crippen LogP contribution in [0.4, 0.5) is 11.4 Å². The first-order valence-electron chi connectivity index (χ1n) is 10.5. The number of ether oxygens (including phenoxy) is 1. The number of nitrogens with zero attached hydrogens (tertiary/aromatic N) is 1. The molecule has 1 aliphatic heterocycles. The number of benzene rings is 2. The van der Waals surface area contributed by atoms with Crippen molar-refractivity contribution in [1.82, 2.24) is 10.2 Å². The fourth-order valence-electron chi connectivity index (χ4n) is 3.15. The predicted octanol–water partition coefficient (Wildman–Crippen LogP) is 2.35. The number of carbonyl (C=O) groups excluding carboxylic acids is 3. The van der Waals surface area contributed by atoms with Crippen molar-refractivity contribution in [2.75, 3.05) is 50.0 Å². The number of morpholine rings is 1. The summed E-state index contributed by atoms with van der Waals surface area (Å²) >= 11 is 0. The first-order chi connectivity index (χ1) is 15.1. The van der Waals surface area contributed by atoms with Gasteiger partial charge in [-0.2, -0.15) is 0 Å². The predicted molar refractivity (Wildman–Crippen MR) is 119 cm³/mol. The van der Waals surface area contributed by atoms with Crippen LogP contribution in [0, 0.1) is 0 Å². The van der Waals surface area contributed by atoms with Crippen molar-refractivity contribution >= 4 is 29.1 Å². The molecule has 3 rings (SSSR count). The Bertz CT molecular complexity index is 908. The maximum Gasteiger partial charge on any atom is 0.254 e. The van der Waals surface area contributed by atoms with Gasteiger partial charge in [-0.05, 0) is 48.9 Å². The van der Waals surface area contributed by atoms with Gasteiger partial charge in [-0.25, -0.2) is 0 Å². The summed E-state index contributed by atoms with van der Waals surface area (Å²) in [5, 5.41) is 8.63. The molecule has 8 heteroatoms. The molecular formula is C23H28N4O4. The summed E-state index contributed by atoms with van der Waals surface area (Å²) in [7, 11) is 0. The molecule has 8 nitrogen and oxygen atoms in total. The van der Waals surface area contributed by atoms with E-state index in [2.05, 4.69) is 16.0 Å². The van der Waals surface area contributed by atoms with Gasteiger partial charge in [0, 0.05) is 42.1 Å². The molecule has 0 radical (unpaired) electrons. The van der Waals surface area contributed by atoms with Crippen LogP contribution in [0.5, 0.6) is 0 Å². The number of hydrogen-bond donors (Lipinski definition) is 3. The topological polar surface area (TPSA) is 99.8 Å². The first-order valence-corrected chi connectivity index (χ1v) is 10.5. The molecule has 164 valence electrons. The third-order valence-electron chi connectivity index (χ3n) is 4.83. The minimum absolute atomic E-state index is 0.0181. The van der Waals surface area contributed by atoms with E-state index in [0.29, 0.717) is 49.7 Å². The van der Waals surface area contributed by atoms with E-state index in [1.165, 1.54) is 0 Å². The van der Waals surface area contributed by atoms with Gasteiger partial charge in [0.05, 0.1) is 19.8 Å². The summed E-state index contributed by atoms with van der Waals surface area (Å²) in [6.07, 6.45) is 0.857. The van der Waals surface area contributed by atoms with Crippen LogP contribution in [0.15, 0.2) is 48.5 Å². The summed E-state index contributed by atoms with van der Waals surface area (Å²) in [6, 6.07) is 13.9. The van der Waals surface area contributed by atoms with Crippen LogP contribution in [0.3, 0.4) is 0 Å². The Kier molecular flexibility index (Phi) is 8.00. The van der Waals surface area contributed by atoms with Gasteiger partial charge in [0.15, 0.2) is 0 Å². The standard InChI is InChI=1S/C23H28N4O4/c1-2-10-24-22(29)18-4-3-5-20(15-18)26-21(28)16-25-19-8-6-17(7-9-19)23(30)27-11-13-31-14-12-27/h3-9,15,25H,2,10-14,16H2,1H3,(H,24,29)(H,26,28). The molecule has 0 spiro atoms. The number of carbonyl (C=O) groups is 3. The quantitative estimate of drug-likeness (QED) is 0.604. The molecule has 3 amide bonds. The average Bonchev–Trinajstić information content (AvgIpc) is 2.82. The van der Waals surface area contributed by atoms with Gasteiger partial charge in [0.1, 0.15) is 0 Å². The molecule has 1 fully saturated rings. The van der Waals surface area contributed by atoms with E-state index in [1.807, 2.05) is 6.92 Å². The molecule has 1 heterocycles. The molecule has 3 N–H and O–H groups in total. The monoisotopic (exact) mass is 424 g/mol. The van der Waals surface area contributed by atoms with Gasteiger partial charge in [-0.3, -0.25) is 14.4 Å². The fraction of sp³-hybridized carbons (Fsp3) is 0.348. The third kappa shape index (κ3) is 6.55. The summed E-state index contributed by atoms with van der Waals surface area (Å²) in [6.45, 7) is 4.97. The zero-order chi connectivity index (χ0) is 22.1. The van der Waals surface area contributed by atoms with E-state index in [4.69, 9.17) is 4.74 Å². The van der Waals surface area contributed by atoms with E-state index in [9.17, 15) is 14.4 Å². The van der Waals surface area contributed by atoms with Crippen molar-refractivity contribution in [2.45, 2.75) is 13.3 Å². The maximum atomic E-state index is 12.5. The molecule has 0 atom stereocenters. The van der Waals surface area contributed by atoms with Gasteiger partial charge < -0.3 is 25.6 Å². The van der Waals surface area contributed by atoms with Gasteiger partial charge in [-0.15, -0.1) is 0 Å². The van der Waals surface area contributed by atoms with Crippen LogP contribution in [0.1, 0.15) is 34.1 Å². The lowest BCUT2D eigenvalue weighted by Crippen LogP contribution is -2.40. The second-order valence-electron chi connectivity index (χ2n) is 7.22. The molecule has 2 aromatic rings. The second-order valence-corrected chi connectivity index (χ2v) is 7.22. The van der Waals surface area contributed by atoms with Crippen molar-refractivity contribution < 1.29 is 19.1 Å². The molecule has 0 saturated carbocycles.